The molecule has 0 saturated heterocycles. The molecule has 2 atom stereocenters. The minimum absolute atomic E-state index is 0.0150. The molecule has 3 aromatic carbocycles. The van der Waals surface area contributed by atoms with Crippen LogP contribution in [0.25, 0.3) is 0 Å². The van der Waals surface area contributed by atoms with Gasteiger partial charge in [-0.2, -0.15) is 0 Å². The van der Waals surface area contributed by atoms with Crippen LogP contribution in [0.3, 0.4) is 0 Å². The summed E-state index contributed by atoms with van der Waals surface area (Å²) in [6.07, 6.45) is 0. The van der Waals surface area contributed by atoms with Gasteiger partial charge in [0.25, 0.3) is 0 Å². The van der Waals surface area contributed by atoms with Crippen molar-refractivity contribution in [1.29, 1.82) is 0 Å². The van der Waals surface area contributed by atoms with Crippen molar-refractivity contribution in [3.8, 4) is 17.2 Å². The van der Waals surface area contributed by atoms with Gasteiger partial charge in [0.15, 0.2) is 5.11 Å². The fraction of sp³-hybridized carbons (Fsp3) is 0.441. The van der Waals surface area contributed by atoms with E-state index in [2.05, 4.69) is 95.5 Å². The lowest BCUT2D eigenvalue weighted by Gasteiger charge is -2.35. The van der Waals surface area contributed by atoms with Gasteiger partial charge < -0.3 is 24.8 Å². The molecule has 0 heterocycles. The molecule has 8 heteroatoms. The Morgan fingerprint density at radius 3 is 1.31 bits per heavy atom. The third-order valence-electron chi connectivity index (χ3n) is 7.81. The Labute approximate surface area is 258 Å². The minimum Gasteiger partial charge on any atom is -0.497 e. The summed E-state index contributed by atoms with van der Waals surface area (Å²) in [5.41, 5.74) is -0.0410. The Hall–Kier alpha value is -3.02. The number of ether oxygens (including phenoxy) is 3. The molecule has 0 spiro atoms. The smallest absolute Gasteiger partial charge is 0.166 e. The van der Waals surface area contributed by atoms with Gasteiger partial charge in [-0.25, -0.2) is 0 Å². The fourth-order valence-electron chi connectivity index (χ4n) is 4.44. The second-order valence-electron chi connectivity index (χ2n) is 12.7. The highest BCUT2D eigenvalue weighted by Gasteiger charge is 2.31. The van der Waals surface area contributed by atoms with E-state index in [0.717, 1.165) is 33.2 Å². The second-order valence-corrected chi connectivity index (χ2v) is 16.2. The van der Waals surface area contributed by atoms with Crippen molar-refractivity contribution in [2.75, 3.05) is 27.9 Å². The maximum absolute atomic E-state index is 5.82. The zero-order chi connectivity index (χ0) is 31.1. The van der Waals surface area contributed by atoms with Crippen molar-refractivity contribution in [3.05, 3.63) is 72.8 Å². The maximum Gasteiger partial charge on any atom is 0.166 e. The Bertz CT molecular complexity index is 1240. The average Bonchev–Trinajstić information content (AvgIpc) is 2.96. The first-order valence-electron chi connectivity index (χ1n) is 14.3. The van der Waals surface area contributed by atoms with E-state index < -0.39 is 7.05 Å². The molecule has 0 aromatic heterocycles. The van der Waals surface area contributed by atoms with Crippen LogP contribution in [0.2, 0.25) is 0 Å². The summed E-state index contributed by atoms with van der Waals surface area (Å²) < 4.78 is 22.3. The molecule has 0 radical (unpaired) electrons. The summed E-state index contributed by atoms with van der Waals surface area (Å²) in [6.45, 7) is 16.0. The summed E-state index contributed by atoms with van der Waals surface area (Å²) in [4.78, 5) is 0. The van der Waals surface area contributed by atoms with Gasteiger partial charge in [-0.15, -0.1) is 0 Å². The van der Waals surface area contributed by atoms with E-state index in [1.54, 1.807) is 21.3 Å². The zero-order valence-electron chi connectivity index (χ0n) is 26.8. The highest BCUT2D eigenvalue weighted by Crippen LogP contribution is 2.47. The monoisotopic (exact) mass is 609 g/mol. The van der Waals surface area contributed by atoms with E-state index in [1.807, 2.05) is 36.4 Å². The van der Waals surface area contributed by atoms with Gasteiger partial charge in [-0.3, -0.25) is 4.74 Å². The largest absolute Gasteiger partial charge is 0.497 e. The van der Waals surface area contributed by atoms with Crippen LogP contribution in [0.5, 0.6) is 17.2 Å². The molecule has 3 aromatic rings. The number of thiocarbonyl (C=S) groups is 1. The van der Waals surface area contributed by atoms with E-state index in [-0.39, 0.29) is 22.9 Å². The van der Waals surface area contributed by atoms with Gasteiger partial charge in [-0.05, 0) is 103 Å². The first-order valence-corrected chi connectivity index (χ1v) is 16.5. The van der Waals surface area contributed by atoms with E-state index >= 15 is 0 Å². The van der Waals surface area contributed by atoms with Crippen LogP contribution in [0.4, 0.5) is 0 Å². The molecule has 3 rings (SSSR count). The molecular weight excluding hydrogens is 561 g/mol. The summed E-state index contributed by atoms with van der Waals surface area (Å²) in [5.74, 6) is 2.42. The lowest BCUT2D eigenvalue weighted by molar-refractivity contribution is 0.291. The highest BCUT2D eigenvalue weighted by atomic mass is 32.1. The maximum atomic E-state index is 5.82. The zero-order valence-corrected chi connectivity index (χ0v) is 28.5. The number of hydrogen-bond acceptors (Lipinski definition) is 5. The molecule has 42 heavy (non-hydrogen) atoms. The molecule has 0 aliphatic carbocycles. The molecule has 0 aliphatic rings. The third kappa shape index (κ3) is 8.08. The van der Waals surface area contributed by atoms with Crippen LogP contribution < -0.4 is 40.8 Å². The number of methoxy groups -OCH3 is 3. The first kappa shape index (κ1) is 33.5. The molecular formula is C34H48N3O3PS. The first-order chi connectivity index (χ1) is 19.7. The van der Waals surface area contributed by atoms with E-state index in [9.17, 15) is 0 Å². The molecule has 0 bridgehead atoms. The summed E-state index contributed by atoms with van der Waals surface area (Å²) >= 11 is 5.82. The second kappa shape index (κ2) is 14.0. The van der Waals surface area contributed by atoms with Crippen molar-refractivity contribution < 1.29 is 14.2 Å². The van der Waals surface area contributed by atoms with Gasteiger partial charge in [0.1, 0.15) is 17.2 Å². The van der Waals surface area contributed by atoms with Crippen LogP contribution in [0, 0.1) is 10.8 Å². The van der Waals surface area contributed by atoms with E-state index in [4.69, 9.17) is 31.2 Å². The number of nitrogens with zero attached hydrogens (tertiary/aromatic N) is 1. The molecule has 2 unspecified atom stereocenters. The van der Waals surface area contributed by atoms with Crippen molar-refractivity contribution >= 4 is 40.3 Å². The highest BCUT2D eigenvalue weighted by molar-refractivity contribution is 7.87. The number of benzene rings is 3. The molecule has 0 aliphatic heterocycles. The molecule has 228 valence electrons. The third-order valence-corrected chi connectivity index (χ3v) is 11.8. The normalized spacial score (nSPS) is 13.5. The van der Waals surface area contributed by atoms with Gasteiger partial charge >= 0.3 is 0 Å². The van der Waals surface area contributed by atoms with Crippen LogP contribution >= 0.6 is 19.3 Å². The van der Waals surface area contributed by atoms with Crippen molar-refractivity contribution in [2.45, 2.75) is 60.5 Å². The van der Waals surface area contributed by atoms with E-state index in [0.29, 0.717) is 11.7 Å². The quantitative estimate of drug-likeness (QED) is 0.202. The Morgan fingerprint density at radius 2 is 1.02 bits per heavy atom. The molecule has 6 nitrogen and oxygen atoms in total. The average molecular weight is 610 g/mol. The molecule has 0 amide bonds. The lowest BCUT2D eigenvalue weighted by Crippen LogP contribution is -2.53. The predicted molar refractivity (Wildman–Crippen MR) is 183 cm³/mol. The van der Waals surface area contributed by atoms with Crippen LogP contribution in [-0.2, 0) is 0 Å². The van der Waals surface area contributed by atoms with E-state index in [1.165, 1.54) is 0 Å². The van der Waals surface area contributed by atoms with Gasteiger partial charge in [0.05, 0.1) is 41.0 Å². The lowest BCUT2D eigenvalue weighted by atomic mass is 9.86. The minimum atomic E-state index is -2.51. The Morgan fingerprint density at radius 1 is 0.667 bits per heavy atom. The van der Waals surface area contributed by atoms with Crippen LogP contribution in [0.15, 0.2) is 77.5 Å². The van der Waals surface area contributed by atoms with Gasteiger partial charge in [-0.1, -0.05) is 41.5 Å². The summed E-state index contributed by atoms with van der Waals surface area (Å²) in [5, 5.41) is 11.2. The van der Waals surface area contributed by atoms with Crippen molar-refractivity contribution in [2.24, 2.45) is 15.6 Å². The van der Waals surface area contributed by atoms with Gasteiger partial charge in [0, 0.05) is 22.0 Å². The Balaban J connectivity index is 2.23. The molecule has 2 N–H and O–H groups in total. The van der Waals surface area contributed by atoms with Gasteiger partial charge in [0.2, 0.25) is 0 Å². The van der Waals surface area contributed by atoms with Crippen molar-refractivity contribution in [1.82, 2.24) is 10.6 Å². The predicted octanol–water partition coefficient (Wildman–Crippen LogP) is 6.50. The standard InChI is InChI=1S/C34H48N3O3PS/c1-24(33(2,3)4)36-32(42)37-31(34(5,6)7)23-35-41(28-17-11-25(38-8)12-18-28,29-19-13-26(39-9)14-20-29)30-21-15-27(40-10)16-22-30/h11-22,24,31H,23H2,1-10H3,(H2,36,37,42). The number of hydrogen-bond donors (Lipinski definition) is 2. The van der Waals surface area contributed by atoms with Crippen LogP contribution in [-0.4, -0.2) is 45.1 Å². The molecule has 0 saturated carbocycles. The molecule has 0 fully saturated rings. The topological polar surface area (TPSA) is 64.1 Å². The SMILES string of the molecule is COc1ccc(P(=NCC(NC(=S)NC(C)C(C)(C)C)C(C)(C)C)(c2ccc(OC)cc2)c2ccc(OC)cc2)cc1. The van der Waals surface area contributed by atoms with Crippen LogP contribution in [0.1, 0.15) is 48.5 Å². The number of rotatable bonds is 10. The van der Waals surface area contributed by atoms with Crippen molar-refractivity contribution in [3.63, 3.8) is 0 Å². The summed E-state index contributed by atoms with van der Waals surface area (Å²) in [6, 6.07) is 25.1. The number of nitrogens with one attached hydrogen (secondary N) is 2. The fourth-order valence-corrected chi connectivity index (χ4v) is 8.29. The summed E-state index contributed by atoms with van der Waals surface area (Å²) in [7, 11) is 2.55. The Kier molecular flexibility index (Phi) is 11.1.